The van der Waals surface area contributed by atoms with Gasteiger partial charge in [-0.1, -0.05) is 12.6 Å². The molecule has 0 aliphatic carbocycles. The van der Waals surface area contributed by atoms with E-state index in [1.807, 2.05) is 23.6 Å². The molecule has 2 aliphatic heterocycles. The summed E-state index contributed by atoms with van der Waals surface area (Å²) in [5.74, 6) is -1.64. The number of nitrogens with two attached hydrogens (primary N) is 1. The molecule has 1 fully saturated rings. The Morgan fingerprint density at radius 1 is 1.21 bits per heavy atom. The normalized spacial score (nSPS) is 17.3. The van der Waals surface area contributed by atoms with Gasteiger partial charge in [-0.3, -0.25) is 9.59 Å². The first kappa shape index (κ1) is 24.1. The van der Waals surface area contributed by atoms with Gasteiger partial charge < -0.3 is 20.1 Å². The molecule has 1 atom stereocenters. The molecule has 0 saturated carbocycles. The Kier molecular flexibility index (Phi) is 5.50. The molecule has 2 amide bonds. The van der Waals surface area contributed by atoms with E-state index < -0.39 is 11.6 Å². The van der Waals surface area contributed by atoms with E-state index in [2.05, 4.69) is 6.58 Å². The van der Waals surface area contributed by atoms with Crippen molar-refractivity contribution in [3.63, 3.8) is 0 Å². The van der Waals surface area contributed by atoms with Crippen molar-refractivity contribution in [1.29, 1.82) is 5.26 Å². The number of fused-ring (bicyclic) bond motifs is 2. The van der Waals surface area contributed by atoms with Gasteiger partial charge in [-0.15, -0.1) is 11.3 Å². The number of carbonyl (C=O) groups excluding carboxylic acids is 2. The van der Waals surface area contributed by atoms with E-state index in [0.29, 0.717) is 49.1 Å². The van der Waals surface area contributed by atoms with Crippen molar-refractivity contribution in [2.45, 2.75) is 25.9 Å². The summed E-state index contributed by atoms with van der Waals surface area (Å²) in [4.78, 5) is 29.5. The van der Waals surface area contributed by atoms with E-state index >= 15 is 4.39 Å². The minimum absolute atomic E-state index is 0.110. The van der Waals surface area contributed by atoms with Crippen molar-refractivity contribution in [2.24, 2.45) is 0 Å². The molecule has 38 heavy (non-hydrogen) atoms. The van der Waals surface area contributed by atoms with Crippen LogP contribution in [0.25, 0.3) is 32.1 Å². The second-order valence-corrected chi connectivity index (χ2v) is 10.7. The fourth-order valence-electron chi connectivity index (χ4n) is 5.92. The molecule has 7 nitrogen and oxygen atoms in total. The van der Waals surface area contributed by atoms with Crippen LogP contribution in [0.4, 0.5) is 13.8 Å². The van der Waals surface area contributed by atoms with Gasteiger partial charge in [-0.25, -0.2) is 8.78 Å². The van der Waals surface area contributed by atoms with Gasteiger partial charge in [0, 0.05) is 48.2 Å². The predicted molar refractivity (Wildman–Crippen MR) is 143 cm³/mol. The van der Waals surface area contributed by atoms with E-state index in [-0.39, 0.29) is 49.6 Å². The molecule has 6 rings (SSSR count). The zero-order valence-corrected chi connectivity index (χ0v) is 21.4. The Morgan fingerprint density at radius 2 is 2.00 bits per heavy atom. The highest BCUT2D eigenvalue weighted by Gasteiger charge is 2.36. The molecule has 0 spiro atoms. The molecule has 2 aromatic carbocycles. The number of anilines is 1. The van der Waals surface area contributed by atoms with Gasteiger partial charge in [0.1, 0.15) is 22.7 Å². The second-order valence-electron chi connectivity index (χ2n) is 9.66. The molecule has 4 aromatic rings. The Morgan fingerprint density at radius 3 is 2.74 bits per heavy atom. The Labute approximate surface area is 220 Å². The third-order valence-electron chi connectivity index (χ3n) is 7.68. The highest BCUT2D eigenvalue weighted by atomic mass is 32.1. The number of rotatable bonds is 2. The Balaban J connectivity index is 1.57. The van der Waals surface area contributed by atoms with Crippen molar-refractivity contribution in [3.05, 3.63) is 65.4 Å². The van der Waals surface area contributed by atoms with Crippen molar-refractivity contribution in [2.75, 3.05) is 25.4 Å². The molecule has 192 valence electrons. The van der Waals surface area contributed by atoms with E-state index in [1.165, 1.54) is 24.3 Å². The Bertz CT molecular complexity index is 1750. The number of nitrogen functional groups attached to an aromatic ring is 1. The van der Waals surface area contributed by atoms with Gasteiger partial charge >= 0.3 is 0 Å². The smallest absolute Gasteiger partial charge is 0.256 e. The van der Waals surface area contributed by atoms with Crippen molar-refractivity contribution >= 4 is 49.1 Å². The monoisotopic (exact) mass is 531 g/mol. The first-order valence-electron chi connectivity index (χ1n) is 12.2. The number of carbonyl (C=O) groups is 2. The van der Waals surface area contributed by atoms with Crippen molar-refractivity contribution < 1.29 is 18.4 Å². The third-order valence-corrected chi connectivity index (χ3v) is 8.71. The van der Waals surface area contributed by atoms with Crippen LogP contribution in [0.1, 0.15) is 28.0 Å². The number of benzene rings is 2. The van der Waals surface area contributed by atoms with Crippen LogP contribution in [0.2, 0.25) is 0 Å². The topological polar surface area (TPSA) is 95.4 Å². The largest absolute Gasteiger partial charge is 0.389 e. The van der Waals surface area contributed by atoms with Gasteiger partial charge in [0.15, 0.2) is 0 Å². The van der Waals surface area contributed by atoms with E-state index in [0.717, 1.165) is 17.0 Å². The molecule has 4 heterocycles. The zero-order valence-electron chi connectivity index (χ0n) is 20.6. The average molecular weight is 532 g/mol. The quantitative estimate of drug-likeness (QED) is 0.376. The standard InChI is InChI=1S/C28H23F2N5O2S/c1-3-22(36)33-8-9-35-15(13-33)6-7-34-14(2)10-17-23(21(30)11-18(25(17)34)28(35)37)16-4-5-20(29)26-24(16)19(12-31)27(32)38-26/h3-5,10-11,15H,1,6-9,13,32H2,2H3. The average Bonchev–Trinajstić information content (AvgIpc) is 3.42. The van der Waals surface area contributed by atoms with Gasteiger partial charge in [0.25, 0.3) is 5.91 Å². The van der Waals surface area contributed by atoms with E-state index in [4.69, 9.17) is 5.73 Å². The first-order valence-corrected chi connectivity index (χ1v) is 13.0. The number of hydrogen-bond donors (Lipinski definition) is 1. The summed E-state index contributed by atoms with van der Waals surface area (Å²) in [6, 6.07) is 7.63. The molecule has 2 aliphatic rings. The molecule has 2 N–H and O–H groups in total. The summed E-state index contributed by atoms with van der Waals surface area (Å²) in [5, 5.41) is 10.7. The number of amides is 2. The fraction of sp³-hybridized carbons (Fsp3) is 0.250. The fourth-order valence-corrected chi connectivity index (χ4v) is 6.87. The number of nitriles is 1. The maximum Gasteiger partial charge on any atom is 0.256 e. The maximum absolute atomic E-state index is 16.1. The van der Waals surface area contributed by atoms with Gasteiger partial charge in [0.2, 0.25) is 5.91 Å². The van der Waals surface area contributed by atoms with Crippen LogP contribution in [-0.4, -0.2) is 51.9 Å². The van der Waals surface area contributed by atoms with Gasteiger partial charge in [-0.2, -0.15) is 5.26 Å². The minimum atomic E-state index is -0.642. The molecular weight excluding hydrogens is 508 g/mol. The maximum atomic E-state index is 16.1. The molecule has 1 saturated heterocycles. The Hall–Kier alpha value is -4.23. The van der Waals surface area contributed by atoms with Crippen molar-refractivity contribution in [1.82, 2.24) is 14.4 Å². The number of nitrogens with zero attached hydrogens (tertiary/aromatic N) is 4. The number of halogens is 2. The molecule has 0 radical (unpaired) electrons. The predicted octanol–water partition coefficient (Wildman–Crippen LogP) is 4.81. The summed E-state index contributed by atoms with van der Waals surface area (Å²) in [7, 11) is 0. The van der Waals surface area contributed by atoms with Crippen LogP contribution in [0.5, 0.6) is 0 Å². The lowest BCUT2D eigenvalue weighted by Crippen LogP contribution is -2.57. The second kappa shape index (κ2) is 8.67. The first-order chi connectivity index (χ1) is 18.2. The van der Waals surface area contributed by atoms with Crippen LogP contribution in [-0.2, 0) is 11.3 Å². The lowest BCUT2D eigenvalue weighted by atomic mass is 9.93. The van der Waals surface area contributed by atoms with Crippen LogP contribution >= 0.6 is 11.3 Å². The number of aryl methyl sites for hydroxylation is 2. The summed E-state index contributed by atoms with van der Waals surface area (Å²) in [6.45, 7) is 7.13. The van der Waals surface area contributed by atoms with Crippen LogP contribution in [0.15, 0.2) is 36.9 Å². The lowest BCUT2D eigenvalue weighted by Gasteiger charge is -2.42. The van der Waals surface area contributed by atoms with Crippen LogP contribution in [0, 0.1) is 29.9 Å². The molecular formula is C28H23F2N5O2S. The van der Waals surface area contributed by atoms with Crippen LogP contribution in [0.3, 0.4) is 0 Å². The number of piperazine rings is 1. The summed E-state index contributed by atoms with van der Waals surface area (Å²) >= 11 is 0.958. The highest BCUT2D eigenvalue weighted by Crippen LogP contribution is 2.45. The van der Waals surface area contributed by atoms with Gasteiger partial charge in [-0.05, 0) is 43.2 Å². The number of thiophene rings is 1. The van der Waals surface area contributed by atoms with E-state index in [1.54, 1.807) is 9.80 Å². The van der Waals surface area contributed by atoms with Crippen LogP contribution < -0.4 is 5.73 Å². The van der Waals surface area contributed by atoms with Crippen molar-refractivity contribution in [3.8, 4) is 17.2 Å². The summed E-state index contributed by atoms with van der Waals surface area (Å²) < 4.78 is 33.0. The molecule has 10 heteroatoms. The molecule has 0 bridgehead atoms. The highest BCUT2D eigenvalue weighted by molar-refractivity contribution is 7.23. The zero-order chi connectivity index (χ0) is 26.9. The SMILES string of the molecule is C=CC(=O)N1CCN2C(=O)c3cc(F)c(-c4ccc(F)c5sc(N)c(C#N)c45)c4cc(C)n(c34)CCC2C1. The molecule has 1 unspecified atom stereocenters. The third kappa shape index (κ3) is 3.35. The minimum Gasteiger partial charge on any atom is -0.389 e. The van der Waals surface area contributed by atoms with Gasteiger partial charge in [0.05, 0.1) is 27.4 Å². The number of hydrogen-bond acceptors (Lipinski definition) is 5. The van der Waals surface area contributed by atoms with E-state index in [9.17, 15) is 19.2 Å². The summed E-state index contributed by atoms with van der Waals surface area (Å²) in [6.07, 6.45) is 1.89. The number of aromatic nitrogens is 1. The molecule has 2 aromatic heterocycles. The lowest BCUT2D eigenvalue weighted by molar-refractivity contribution is -0.128. The summed E-state index contributed by atoms with van der Waals surface area (Å²) in [5.41, 5.74) is 8.38.